The van der Waals surface area contributed by atoms with E-state index in [-0.39, 0.29) is 0 Å². The van der Waals surface area contributed by atoms with Crippen LogP contribution in [0.1, 0.15) is 5.76 Å². The van der Waals surface area contributed by atoms with E-state index >= 15 is 0 Å². The van der Waals surface area contributed by atoms with Crippen molar-refractivity contribution in [3.63, 3.8) is 0 Å². The molecule has 0 amide bonds. The van der Waals surface area contributed by atoms with Crippen LogP contribution in [0.3, 0.4) is 0 Å². The molecule has 2 heterocycles. The third kappa shape index (κ3) is 4.64. The maximum atomic E-state index is 11.9. The summed E-state index contributed by atoms with van der Waals surface area (Å²) < 4.78 is 32.7. The van der Waals surface area contributed by atoms with Crippen molar-refractivity contribution >= 4 is 49.1 Å². The first-order chi connectivity index (χ1) is 9.08. The summed E-state index contributed by atoms with van der Waals surface area (Å²) in [6, 6.07) is 7.06. The summed E-state index contributed by atoms with van der Waals surface area (Å²) in [4.78, 5) is 0. The summed E-state index contributed by atoms with van der Waals surface area (Å²) in [7, 11) is -3.37. The molecule has 2 aromatic heterocycles. The van der Waals surface area contributed by atoms with Crippen molar-refractivity contribution in [1.82, 2.24) is 4.72 Å². The van der Waals surface area contributed by atoms with E-state index in [4.69, 9.17) is 4.42 Å². The second-order valence-corrected chi connectivity index (χ2v) is 9.15. The Bertz CT molecular complexity index is 607. The van der Waals surface area contributed by atoms with Crippen LogP contribution < -0.4 is 4.72 Å². The monoisotopic (exact) mass is 381 g/mol. The molecule has 0 aliphatic rings. The van der Waals surface area contributed by atoms with Gasteiger partial charge in [-0.2, -0.15) is 11.8 Å². The fourth-order valence-electron chi connectivity index (χ4n) is 1.33. The van der Waals surface area contributed by atoms with Gasteiger partial charge in [0.25, 0.3) is 0 Å². The molecule has 0 bridgehead atoms. The van der Waals surface area contributed by atoms with Crippen LogP contribution >= 0.6 is 39.0 Å². The van der Waals surface area contributed by atoms with E-state index in [2.05, 4.69) is 20.7 Å². The highest BCUT2D eigenvalue weighted by atomic mass is 79.9. The minimum Gasteiger partial charge on any atom is -0.468 e. The van der Waals surface area contributed by atoms with Crippen molar-refractivity contribution in [2.45, 2.75) is 9.96 Å². The molecule has 1 N–H and O–H groups in total. The van der Waals surface area contributed by atoms with Crippen molar-refractivity contribution in [2.75, 3.05) is 12.3 Å². The summed E-state index contributed by atoms with van der Waals surface area (Å²) in [6.45, 7) is 0.406. The Kier molecular flexibility index (Phi) is 5.52. The molecule has 0 radical (unpaired) electrons. The molecule has 2 rings (SSSR count). The SMILES string of the molecule is O=S(=O)(NCCSCc1ccco1)c1ccc(Br)s1. The summed E-state index contributed by atoms with van der Waals surface area (Å²) >= 11 is 6.08. The summed E-state index contributed by atoms with van der Waals surface area (Å²) in [5.41, 5.74) is 0. The van der Waals surface area contributed by atoms with Crippen molar-refractivity contribution in [3.8, 4) is 0 Å². The molecular weight excluding hydrogens is 370 g/mol. The zero-order chi connectivity index (χ0) is 13.7. The predicted octanol–water partition coefficient (Wildman–Crippen LogP) is 3.32. The lowest BCUT2D eigenvalue weighted by atomic mass is 10.5. The standard InChI is InChI=1S/C11H12BrNO3S3/c12-10-3-4-11(18-10)19(14,15)13-5-7-17-8-9-2-1-6-16-9/h1-4,6,13H,5,7-8H2. The van der Waals surface area contributed by atoms with Crippen LogP contribution in [0.25, 0.3) is 0 Å². The number of hydrogen-bond acceptors (Lipinski definition) is 5. The topological polar surface area (TPSA) is 59.3 Å². The largest absolute Gasteiger partial charge is 0.468 e. The molecule has 0 saturated heterocycles. The fourth-order valence-corrected chi connectivity index (χ4v) is 5.30. The molecule has 0 atom stereocenters. The predicted molar refractivity (Wildman–Crippen MR) is 82.1 cm³/mol. The minimum atomic E-state index is -3.37. The average molecular weight is 382 g/mol. The van der Waals surface area contributed by atoms with E-state index in [1.165, 1.54) is 11.3 Å². The fraction of sp³-hybridized carbons (Fsp3) is 0.273. The lowest BCUT2D eigenvalue weighted by Gasteiger charge is -2.03. The Hall–Kier alpha value is -0.280. The molecule has 0 fully saturated rings. The number of thioether (sulfide) groups is 1. The van der Waals surface area contributed by atoms with Gasteiger partial charge in [0.05, 0.1) is 15.8 Å². The van der Waals surface area contributed by atoms with E-state index in [1.54, 1.807) is 30.2 Å². The van der Waals surface area contributed by atoms with Gasteiger partial charge in [0.15, 0.2) is 0 Å². The first-order valence-corrected chi connectivity index (χ1v) is 9.68. The molecule has 104 valence electrons. The Morgan fingerprint density at radius 1 is 1.37 bits per heavy atom. The van der Waals surface area contributed by atoms with Crippen LogP contribution in [-0.2, 0) is 15.8 Å². The Morgan fingerprint density at radius 3 is 2.84 bits per heavy atom. The van der Waals surface area contributed by atoms with Crippen LogP contribution in [0.15, 0.2) is 42.9 Å². The van der Waals surface area contributed by atoms with Crippen molar-refractivity contribution in [2.24, 2.45) is 0 Å². The minimum absolute atomic E-state index is 0.329. The van der Waals surface area contributed by atoms with Crippen LogP contribution in [0.2, 0.25) is 0 Å². The molecule has 2 aromatic rings. The molecule has 0 aromatic carbocycles. The van der Waals surface area contributed by atoms with E-state index in [9.17, 15) is 8.42 Å². The third-order valence-corrected chi connectivity index (χ3v) is 6.73. The molecule has 0 aliphatic heterocycles. The number of hydrogen-bond donors (Lipinski definition) is 1. The van der Waals surface area contributed by atoms with Gasteiger partial charge in [0, 0.05) is 12.3 Å². The molecule has 8 heteroatoms. The smallest absolute Gasteiger partial charge is 0.250 e. The number of rotatable bonds is 7. The number of sulfonamides is 1. The van der Waals surface area contributed by atoms with Gasteiger partial charge in [0.2, 0.25) is 10.0 Å². The number of halogens is 1. The lowest BCUT2D eigenvalue weighted by molar-refractivity contribution is 0.530. The van der Waals surface area contributed by atoms with Gasteiger partial charge in [0.1, 0.15) is 9.97 Å². The average Bonchev–Trinajstić information content (AvgIpc) is 3.00. The van der Waals surface area contributed by atoms with Crippen LogP contribution in [0.4, 0.5) is 0 Å². The van der Waals surface area contributed by atoms with Crippen LogP contribution in [-0.4, -0.2) is 20.7 Å². The normalized spacial score (nSPS) is 11.8. The van der Waals surface area contributed by atoms with Gasteiger partial charge < -0.3 is 4.42 Å². The molecule has 19 heavy (non-hydrogen) atoms. The molecule has 0 saturated carbocycles. The molecule has 4 nitrogen and oxygen atoms in total. The van der Waals surface area contributed by atoms with Gasteiger partial charge in [-0.1, -0.05) is 0 Å². The first-order valence-electron chi connectivity index (χ1n) is 5.43. The van der Waals surface area contributed by atoms with E-state index in [1.807, 2.05) is 12.1 Å². The maximum absolute atomic E-state index is 11.9. The van der Waals surface area contributed by atoms with E-state index in [0.717, 1.165) is 15.3 Å². The lowest BCUT2D eigenvalue weighted by Crippen LogP contribution is -2.25. The number of furan rings is 1. The molecule has 0 spiro atoms. The number of thiophene rings is 1. The molecular formula is C11H12BrNO3S3. The summed E-state index contributed by atoms with van der Waals surface area (Å²) in [5, 5.41) is 0. The Labute approximate surface area is 128 Å². The van der Waals surface area contributed by atoms with Gasteiger partial charge in [-0.25, -0.2) is 13.1 Å². The second kappa shape index (κ2) is 6.94. The Balaban J connectivity index is 1.73. The Morgan fingerprint density at radius 2 is 2.21 bits per heavy atom. The van der Waals surface area contributed by atoms with Crippen molar-refractivity contribution in [3.05, 3.63) is 40.1 Å². The zero-order valence-corrected chi connectivity index (χ0v) is 13.9. The molecule has 0 aliphatic carbocycles. The molecule has 0 unspecified atom stereocenters. The quantitative estimate of drug-likeness (QED) is 0.747. The zero-order valence-electron chi connectivity index (χ0n) is 9.84. The van der Waals surface area contributed by atoms with Crippen molar-refractivity contribution < 1.29 is 12.8 Å². The summed E-state index contributed by atoms with van der Waals surface area (Å²) in [6.07, 6.45) is 1.63. The first kappa shape index (κ1) is 15.1. The highest BCUT2D eigenvalue weighted by Crippen LogP contribution is 2.25. The highest BCUT2D eigenvalue weighted by molar-refractivity contribution is 9.11. The van der Waals surface area contributed by atoms with E-state index in [0.29, 0.717) is 16.5 Å². The summed E-state index contributed by atoms with van der Waals surface area (Å²) in [5.74, 6) is 2.35. The highest BCUT2D eigenvalue weighted by Gasteiger charge is 2.15. The van der Waals surface area contributed by atoms with Crippen LogP contribution in [0, 0.1) is 0 Å². The van der Waals surface area contributed by atoms with Gasteiger partial charge in [-0.15, -0.1) is 11.3 Å². The van der Waals surface area contributed by atoms with Gasteiger partial charge in [-0.05, 0) is 40.2 Å². The van der Waals surface area contributed by atoms with Gasteiger partial charge in [-0.3, -0.25) is 0 Å². The number of nitrogens with one attached hydrogen (secondary N) is 1. The van der Waals surface area contributed by atoms with Gasteiger partial charge >= 0.3 is 0 Å². The second-order valence-electron chi connectivity index (χ2n) is 3.59. The maximum Gasteiger partial charge on any atom is 0.250 e. The van der Waals surface area contributed by atoms with E-state index < -0.39 is 10.0 Å². The van der Waals surface area contributed by atoms with Crippen LogP contribution in [0.5, 0.6) is 0 Å². The van der Waals surface area contributed by atoms with Crippen molar-refractivity contribution in [1.29, 1.82) is 0 Å². The third-order valence-electron chi connectivity index (χ3n) is 2.18.